The fourth-order valence-corrected chi connectivity index (χ4v) is 3.06. The first-order chi connectivity index (χ1) is 12.7. The van der Waals surface area contributed by atoms with Crippen LogP contribution in [0.25, 0.3) is 22.0 Å². The van der Waals surface area contributed by atoms with Crippen LogP contribution in [-0.4, -0.2) is 10.1 Å². The Morgan fingerprint density at radius 1 is 0.885 bits per heavy atom. The predicted octanol–water partition coefficient (Wildman–Crippen LogP) is 5.84. The average molecular weight is 362 g/mol. The second-order valence-corrected chi connectivity index (χ2v) is 6.36. The molecule has 0 aliphatic heterocycles. The number of nitrogens with zero attached hydrogens (tertiary/aromatic N) is 1. The Kier molecular flexibility index (Phi) is 4.46. The van der Waals surface area contributed by atoms with Crippen molar-refractivity contribution in [2.24, 2.45) is 0 Å². The zero-order valence-corrected chi connectivity index (χ0v) is 14.6. The molecular formula is C22H16ClNO2. The monoisotopic (exact) mass is 361 g/mol. The molecule has 3 aromatic carbocycles. The molecule has 0 spiro atoms. The van der Waals surface area contributed by atoms with Crippen LogP contribution in [0.1, 0.15) is 5.69 Å². The van der Waals surface area contributed by atoms with Gasteiger partial charge in [0.25, 0.3) is 0 Å². The van der Waals surface area contributed by atoms with Gasteiger partial charge in [0, 0.05) is 17.0 Å². The van der Waals surface area contributed by atoms with Crippen molar-refractivity contribution >= 4 is 22.5 Å². The first kappa shape index (κ1) is 16.4. The fraction of sp³-hybridized carbons (Fsp3) is 0.0455. The summed E-state index contributed by atoms with van der Waals surface area (Å²) in [5, 5.41) is 11.9. The summed E-state index contributed by atoms with van der Waals surface area (Å²) >= 11 is 6.36. The van der Waals surface area contributed by atoms with E-state index in [4.69, 9.17) is 16.3 Å². The fourth-order valence-electron chi connectivity index (χ4n) is 2.84. The maximum absolute atomic E-state index is 10.4. The van der Waals surface area contributed by atoms with Gasteiger partial charge in [0.05, 0.1) is 16.2 Å². The smallest absolute Gasteiger partial charge is 0.142 e. The van der Waals surface area contributed by atoms with Gasteiger partial charge in [-0.15, -0.1) is 0 Å². The molecule has 4 rings (SSSR count). The summed E-state index contributed by atoms with van der Waals surface area (Å²) < 4.78 is 5.79. The number of halogens is 1. The van der Waals surface area contributed by atoms with E-state index in [0.29, 0.717) is 16.3 Å². The molecule has 26 heavy (non-hydrogen) atoms. The largest absolute Gasteiger partial charge is 0.507 e. The number of phenolic OH excluding ortho intramolecular Hbond substituents is 1. The molecule has 128 valence electrons. The van der Waals surface area contributed by atoms with Crippen molar-refractivity contribution in [2.75, 3.05) is 0 Å². The van der Waals surface area contributed by atoms with Crippen molar-refractivity contribution in [1.82, 2.24) is 4.98 Å². The highest BCUT2D eigenvalue weighted by Crippen LogP contribution is 2.38. The molecule has 0 saturated carbocycles. The standard InChI is InChI=1S/C22H16ClNO2/c23-19-12-18(15-6-2-1-3-7-15)21(25)13-22(19)26-14-17-11-10-16-8-4-5-9-20(16)24-17/h1-13,25H,14H2. The predicted molar refractivity (Wildman–Crippen MR) is 105 cm³/mol. The molecule has 1 heterocycles. The number of para-hydroxylation sites is 1. The van der Waals surface area contributed by atoms with E-state index in [-0.39, 0.29) is 12.4 Å². The number of hydrogen-bond donors (Lipinski definition) is 1. The van der Waals surface area contributed by atoms with Crippen LogP contribution < -0.4 is 4.74 Å². The highest BCUT2D eigenvalue weighted by molar-refractivity contribution is 6.32. The lowest BCUT2D eigenvalue weighted by atomic mass is 10.0. The Hall–Kier alpha value is -3.04. The number of pyridine rings is 1. The van der Waals surface area contributed by atoms with Crippen LogP contribution in [0.5, 0.6) is 11.5 Å². The number of benzene rings is 3. The van der Waals surface area contributed by atoms with Gasteiger partial charge in [0.2, 0.25) is 0 Å². The van der Waals surface area contributed by atoms with E-state index in [9.17, 15) is 5.11 Å². The molecule has 1 N–H and O–H groups in total. The number of ether oxygens (including phenoxy) is 1. The summed E-state index contributed by atoms with van der Waals surface area (Å²) in [4.78, 5) is 4.58. The van der Waals surface area contributed by atoms with Crippen LogP contribution in [0.3, 0.4) is 0 Å². The lowest BCUT2D eigenvalue weighted by Crippen LogP contribution is -1.99. The van der Waals surface area contributed by atoms with Crippen LogP contribution in [0.15, 0.2) is 78.9 Å². The van der Waals surface area contributed by atoms with Gasteiger partial charge in [-0.3, -0.25) is 0 Å². The van der Waals surface area contributed by atoms with Crippen molar-refractivity contribution in [3.8, 4) is 22.6 Å². The van der Waals surface area contributed by atoms with Crippen molar-refractivity contribution < 1.29 is 9.84 Å². The van der Waals surface area contributed by atoms with E-state index in [0.717, 1.165) is 22.2 Å². The molecule has 0 aliphatic carbocycles. The normalized spacial score (nSPS) is 10.8. The molecule has 0 amide bonds. The van der Waals surface area contributed by atoms with Crippen molar-refractivity contribution in [3.63, 3.8) is 0 Å². The number of phenols is 1. The Bertz CT molecular complexity index is 1060. The molecule has 0 fully saturated rings. The molecule has 0 aliphatic rings. The van der Waals surface area contributed by atoms with Crippen LogP contribution in [0.4, 0.5) is 0 Å². The van der Waals surface area contributed by atoms with E-state index >= 15 is 0 Å². The molecule has 1 aromatic heterocycles. The van der Waals surface area contributed by atoms with Crippen LogP contribution in [-0.2, 0) is 6.61 Å². The molecular weight excluding hydrogens is 346 g/mol. The number of aromatic nitrogens is 1. The van der Waals surface area contributed by atoms with E-state index in [1.54, 1.807) is 12.1 Å². The number of rotatable bonds is 4. The van der Waals surface area contributed by atoms with Crippen LogP contribution in [0.2, 0.25) is 5.02 Å². The van der Waals surface area contributed by atoms with Gasteiger partial charge < -0.3 is 9.84 Å². The molecule has 0 atom stereocenters. The van der Waals surface area contributed by atoms with Crippen LogP contribution >= 0.6 is 11.6 Å². The Balaban J connectivity index is 1.57. The summed E-state index contributed by atoms with van der Waals surface area (Å²) in [6, 6.07) is 24.7. The quantitative estimate of drug-likeness (QED) is 0.496. The maximum Gasteiger partial charge on any atom is 0.142 e. The average Bonchev–Trinajstić information content (AvgIpc) is 2.69. The number of aromatic hydroxyl groups is 1. The minimum Gasteiger partial charge on any atom is -0.507 e. The number of hydrogen-bond acceptors (Lipinski definition) is 3. The number of fused-ring (bicyclic) bond motifs is 1. The molecule has 3 nitrogen and oxygen atoms in total. The van der Waals surface area contributed by atoms with Crippen LogP contribution in [0, 0.1) is 0 Å². The van der Waals surface area contributed by atoms with Gasteiger partial charge in [-0.1, -0.05) is 66.2 Å². The third-order valence-electron chi connectivity index (χ3n) is 4.17. The molecule has 4 heteroatoms. The Morgan fingerprint density at radius 3 is 2.50 bits per heavy atom. The zero-order chi connectivity index (χ0) is 17.9. The first-order valence-electron chi connectivity index (χ1n) is 8.26. The van der Waals surface area contributed by atoms with Gasteiger partial charge in [-0.25, -0.2) is 4.98 Å². The van der Waals surface area contributed by atoms with E-state index in [1.807, 2.05) is 66.7 Å². The highest BCUT2D eigenvalue weighted by atomic mass is 35.5. The first-order valence-corrected chi connectivity index (χ1v) is 8.64. The van der Waals surface area contributed by atoms with Crippen molar-refractivity contribution in [1.29, 1.82) is 0 Å². The second-order valence-electron chi connectivity index (χ2n) is 5.95. The lowest BCUT2D eigenvalue weighted by molar-refractivity contribution is 0.300. The molecule has 0 saturated heterocycles. The lowest BCUT2D eigenvalue weighted by Gasteiger charge is -2.12. The summed E-state index contributed by atoms with van der Waals surface area (Å²) in [5.74, 6) is 0.556. The molecule has 4 aromatic rings. The summed E-state index contributed by atoms with van der Waals surface area (Å²) in [6.45, 7) is 0.272. The molecule has 0 unspecified atom stereocenters. The van der Waals surface area contributed by atoms with Gasteiger partial charge in [0.15, 0.2) is 0 Å². The van der Waals surface area contributed by atoms with E-state index in [2.05, 4.69) is 4.98 Å². The third kappa shape index (κ3) is 3.35. The SMILES string of the molecule is Oc1cc(OCc2ccc3ccccc3n2)c(Cl)cc1-c1ccccc1. The summed E-state index contributed by atoms with van der Waals surface area (Å²) in [7, 11) is 0. The Morgan fingerprint density at radius 2 is 1.65 bits per heavy atom. The zero-order valence-electron chi connectivity index (χ0n) is 13.9. The van der Waals surface area contributed by atoms with E-state index < -0.39 is 0 Å². The minimum atomic E-state index is 0.127. The van der Waals surface area contributed by atoms with Crippen molar-refractivity contribution in [2.45, 2.75) is 6.61 Å². The highest BCUT2D eigenvalue weighted by Gasteiger charge is 2.11. The van der Waals surface area contributed by atoms with Gasteiger partial charge in [-0.05, 0) is 23.8 Å². The molecule has 0 radical (unpaired) electrons. The third-order valence-corrected chi connectivity index (χ3v) is 4.46. The van der Waals surface area contributed by atoms with Crippen molar-refractivity contribution in [3.05, 3.63) is 89.6 Å². The summed E-state index contributed by atoms with van der Waals surface area (Å²) in [5.41, 5.74) is 3.29. The Labute approximate surface area is 156 Å². The topological polar surface area (TPSA) is 42.4 Å². The maximum atomic E-state index is 10.4. The molecule has 0 bridgehead atoms. The van der Waals surface area contributed by atoms with Gasteiger partial charge in [0.1, 0.15) is 18.1 Å². The second kappa shape index (κ2) is 7.06. The summed E-state index contributed by atoms with van der Waals surface area (Å²) in [6.07, 6.45) is 0. The van der Waals surface area contributed by atoms with Gasteiger partial charge >= 0.3 is 0 Å². The van der Waals surface area contributed by atoms with E-state index in [1.165, 1.54) is 0 Å². The minimum absolute atomic E-state index is 0.127. The van der Waals surface area contributed by atoms with Gasteiger partial charge in [-0.2, -0.15) is 0 Å².